The number of nitrogens with one attached hydrogen (secondary N) is 1. The molecule has 192 valence electrons. The molecular weight excluding hydrogens is 469 g/mol. The van der Waals surface area contributed by atoms with E-state index in [2.05, 4.69) is 5.32 Å². The van der Waals surface area contributed by atoms with E-state index >= 15 is 0 Å². The number of phenols is 1. The number of aliphatic hydroxyl groups is 1. The summed E-state index contributed by atoms with van der Waals surface area (Å²) in [5, 5.41) is 23.6. The van der Waals surface area contributed by atoms with Crippen molar-refractivity contribution in [2.75, 3.05) is 12.4 Å². The zero-order chi connectivity index (χ0) is 26.8. The van der Waals surface area contributed by atoms with E-state index in [9.17, 15) is 19.4 Å². The van der Waals surface area contributed by atoms with Gasteiger partial charge in [0, 0.05) is 19.0 Å². The summed E-state index contributed by atoms with van der Waals surface area (Å²) in [6.45, 7) is 4.00. The number of phenolic OH excluding ortho intramolecular Hbond substituents is 1. The van der Waals surface area contributed by atoms with Gasteiger partial charge in [0.1, 0.15) is 29.7 Å². The first-order valence-electron chi connectivity index (χ1n) is 12.3. The van der Waals surface area contributed by atoms with E-state index in [1.165, 1.54) is 12.1 Å². The van der Waals surface area contributed by atoms with Crippen molar-refractivity contribution in [3.05, 3.63) is 107 Å². The number of aromatic nitrogens is 2. The molecule has 1 heterocycles. The topological polar surface area (TPSA) is 95.3 Å². The molecule has 3 N–H and O–H groups in total. The summed E-state index contributed by atoms with van der Waals surface area (Å²) in [7, 11) is 1.78. The summed E-state index contributed by atoms with van der Waals surface area (Å²) in [4.78, 5) is 19.4. The van der Waals surface area contributed by atoms with Crippen molar-refractivity contribution in [1.29, 1.82) is 0 Å². The lowest BCUT2D eigenvalue weighted by molar-refractivity contribution is -0.107. The fourth-order valence-corrected chi connectivity index (χ4v) is 4.03. The fourth-order valence-electron chi connectivity index (χ4n) is 4.03. The lowest BCUT2D eigenvalue weighted by Gasteiger charge is -2.22. The molecule has 0 spiro atoms. The molecule has 37 heavy (non-hydrogen) atoms. The van der Waals surface area contributed by atoms with E-state index in [0.717, 1.165) is 52.8 Å². The van der Waals surface area contributed by atoms with Crippen molar-refractivity contribution in [1.82, 2.24) is 9.97 Å². The van der Waals surface area contributed by atoms with E-state index in [4.69, 9.17) is 9.97 Å². The van der Waals surface area contributed by atoms with Gasteiger partial charge in [-0.15, -0.1) is 0 Å². The Labute approximate surface area is 216 Å². The molecule has 0 saturated carbocycles. The smallest absolute Gasteiger partial charge is 0.150 e. The average molecular weight is 502 g/mol. The van der Waals surface area contributed by atoms with Crippen molar-refractivity contribution in [2.24, 2.45) is 0 Å². The zero-order valence-corrected chi connectivity index (χ0v) is 21.3. The quantitative estimate of drug-likeness (QED) is 0.305. The molecule has 7 heteroatoms. The van der Waals surface area contributed by atoms with Gasteiger partial charge in [-0.1, -0.05) is 56.3 Å². The van der Waals surface area contributed by atoms with Crippen molar-refractivity contribution in [3.8, 4) is 17.0 Å². The van der Waals surface area contributed by atoms with E-state index in [0.29, 0.717) is 17.9 Å². The summed E-state index contributed by atoms with van der Waals surface area (Å²) in [5.41, 5.74) is 5.84. The van der Waals surface area contributed by atoms with Crippen molar-refractivity contribution >= 4 is 12.1 Å². The van der Waals surface area contributed by atoms with Crippen LogP contribution in [-0.2, 0) is 24.1 Å². The third kappa shape index (κ3) is 6.77. The number of nitrogens with zero attached hydrogens (tertiary/aromatic N) is 2. The van der Waals surface area contributed by atoms with Gasteiger partial charge < -0.3 is 20.3 Å². The number of rotatable bonds is 5. The number of aliphatic hydroxyl groups excluding tert-OH is 1. The molecule has 0 saturated heterocycles. The summed E-state index contributed by atoms with van der Waals surface area (Å²) in [6.07, 6.45) is 1.88. The van der Waals surface area contributed by atoms with Gasteiger partial charge in [-0.2, -0.15) is 0 Å². The van der Waals surface area contributed by atoms with Crippen molar-refractivity contribution < 1.29 is 19.4 Å². The van der Waals surface area contributed by atoms with E-state index in [1.807, 2.05) is 50.2 Å². The molecule has 6 nitrogen and oxygen atoms in total. The second-order valence-electron chi connectivity index (χ2n) is 8.15. The number of halogens is 1. The molecule has 1 atom stereocenters. The first-order valence-corrected chi connectivity index (χ1v) is 12.3. The maximum atomic E-state index is 12.2. The average Bonchev–Trinajstić information content (AvgIpc) is 2.95. The molecule has 0 fully saturated rings. The van der Waals surface area contributed by atoms with Crippen molar-refractivity contribution in [3.63, 3.8) is 0 Å². The van der Waals surface area contributed by atoms with Crippen LogP contribution in [0.3, 0.4) is 0 Å². The van der Waals surface area contributed by atoms with Crippen LogP contribution in [0.1, 0.15) is 48.0 Å². The van der Waals surface area contributed by atoms with Crippen LogP contribution >= 0.6 is 0 Å². The molecule has 0 bridgehead atoms. The predicted molar refractivity (Wildman–Crippen MR) is 144 cm³/mol. The molecule has 4 aromatic rings. The number of aldehydes is 1. The number of carbonyl (C=O) groups excluding carboxylic acids is 1. The highest BCUT2D eigenvalue weighted by molar-refractivity contribution is 5.71. The van der Waals surface area contributed by atoms with Crippen LogP contribution in [-0.4, -0.2) is 33.5 Å². The molecule has 0 amide bonds. The number of anilines is 1. The van der Waals surface area contributed by atoms with E-state index in [-0.39, 0.29) is 11.6 Å². The second-order valence-corrected chi connectivity index (χ2v) is 8.15. The third-order valence-electron chi connectivity index (χ3n) is 5.81. The van der Waals surface area contributed by atoms with Gasteiger partial charge in [-0.25, -0.2) is 14.4 Å². The van der Waals surface area contributed by atoms with Crippen LogP contribution in [0.25, 0.3) is 11.3 Å². The highest BCUT2D eigenvalue weighted by atomic mass is 19.1. The number of aryl methyl sites for hydroxylation is 2. The van der Waals surface area contributed by atoms with Crippen LogP contribution < -0.4 is 5.32 Å². The van der Waals surface area contributed by atoms with Crippen molar-refractivity contribution in [2.45, 2.75) is 39.2 Å². The number of fused-ring (bicyclic) bond motifs is 3. The molecule has 1 unspecified atom stereocenters. The minimum absolute atomic E-state index is 0.256. The maximum Gasteiger partial charge on any atom is 0.150 e. The second kappa shape index (κ2) is 13.3. The summed E-state index contributed by atoms with van der Waals surface area (Å²) in [6, 6.07) is 20.6. The summed E-state index contributed by atoms with van der Waals surface area (Å²) >= 11 is 0. The fraction of sp³-hybridized carbons (Fsp3) is 0.233. The first-order chi connectivity index (χ1) is 18.0. The molecule has 0 aliphatic heterocycles. The Kier molecular flexibility index (Phi) is 9.86. The molecule has 5 rings (SSSR count). The van der Waals surface area contributed by atoms with Crippen LogP contribution in [0.2, 0.25) is 0 Å². The lowest BCUT2D eigenvalue weighted by Crippen LogP contribution is -2.15. The Morgan fingerprint density at radius 1 is 1.00 bits per heavy atom. The molecule has 3 aromatic carbocycles. The Hall–Kier alpha value is -4.10. The van der Waals surface area contributed by atoms with Gasteiger partial charge in [0.05, 0.1) is 11.4 Å². The summed E-state index contributed by atoms with van der Waals surface area (Å²) < 4.78 is 12.2. The van der Waals surface area contributed by atoms with E-state index < -0.39 is 6.10 Å². The standard InChI is InChI=1S/C20H19N3O2.C8H7FO.C2H6/c1-21-20-18(19(25)12-5-3-2-4-6-12)23-17-15-9-8-14(24)11-13(15)7-10-16(17)22-20;9-8-3-1-7(2-4-8)5-6-10;1-2/h2-6,8-9,11,19,24-25H,7,10H2,1H3,(H,21,22);1-4,6H,5H2;1-2H3. The largest absolute Gasteiger partial charge is 0.508 e. The van der Waals surface area contributed by atoms with E-state index in [1.54, 1.807) is 31.3 Å². The van der Waals surface area contributed by atoms with Gasteiger partial charge in [0.2, 0.25) is 0 Å². The van der Waals surface area contributed by atoms with Crippen LogP contribution in [0.4, 0.5) is 10.2 Å². The Morgan fingerprint density at radius 2 is 1.70 bits per heavy atom. The molecule has 0 radical (unpaired) electrons. The van der Waals surface area contributed by atoms with Crippen LogP contribution in [0.15, 0.2) is 72.8 Å². The Balaban J connectivity index is 0.000000266. The minimum Gasteiger partial charge on any atom is -0.508 e. The number of benzene rings is 3. The predicted octanol–water partition coefficient (Wildman–Crippen LogP) is 5.66. The molecular formula is C30H32FN3O3. The number of hydrogen-bond acceptors (Lipinski definition) is 6. The number of hydrogen-bond donors (Lipinski definition) is 3. The van der Waals surface area contributed by atoms with Gasteiger partial charge in [0.15, 0.2) is 5.82 Å². The van der Waals surface area contributed by atoms with Gasteiger partial charge in [-0.05, 0) is 59.9 Å². The van der Waals surface area contributed by atoms with Gasteiger partial charge in [-0.3, -0.25) is 0 Å². The van der Waals surface area contributed by atoms with Gasteiger partial charge >= 0.3 is 0 Å². The van der Waals surface area contributed by atoms with Gasteiger partial charge in [0.25, 0.3) is 0 Å². The maximum absolute atomic E-state index is 12.2. The number of carbonyl (C=O) groups is 1. The third-order valence-corrected chi connectivity index (χ3v) is 5.81. The highest BCUT2D eigenvalue weighted by Crippen LogP contribution is 2.36. The zero-order valence-electron chi connectivity index (χ0n) is 21.3. The molecule has 1 aromatic heterocycles. The Morgan fingerprint density at radius 3 is 2.35 bits per heavy atom. The minimum atomic E-state index is -0.857. The SMILES string of the molecule is CC.CNc1nc2c(nc1C(O)c1ccccc1)-c1ccc(O)cc1CC2.O=CCc1ccc(F)cc1. The van der Waals surface area contributed by atoms with Crippen LogP contribution in [0, 0.1) is 5.82 Å². The molecule has 1 aliphatic carbocycles. The lowest BCUT2D eigenvalue weighted by atomic mass is 9.91. The Bertz CT molecular complexity index is 1310. The first kappa shape index (κ1) is 27.5. The number of aromatic hydroxyl groups is 1. The summed E-state index contributed by atoms with van der Waals surface area (Å²) in [5.74, 6) is 0.582. The highest BCUT2D eigenvalue weighted by Gasteiger charge is 2.25. The van der Waals surface area contributed by atoms with Crippen LogP contribution in [0.5, 0.6) is 5.75 Å². The normalized spacial score (nSPS) is 11.9. The molecule has 1 aliphatic rings. The monoisotopic (exact) mass is 501 g/mol.